The summed E-state index contributed by atoms with van der Waals surface area (Å²) in [4.78, 5) is 0. The summed E-state index contributed by atoms with van der Waals surface area (Å²) in [6.45, 7) is 2.28. The van der Waals surface area contributed by atoms with Crippen LogP contribution in [0.2, 0.25) is 5.02 Å². The van der Waals surface area contributed by atoms with Crippen molar-refractivity contribution < 1.29 is 0 Å². The second-order valence-corrected chi connectivity index (χ2v) is 5.27. The Kier molecular flexibility index (Phi) is 3.35. The van der Waals surface area contributed by atoms with E-state index in [-0.39, 0.29) is 0 Å². The molecule has 18 heavy (non-hydrogen) atoms. The van der Waals surface area contributed by atoms with Crippen molar-refractivity contribution in [3.63, 3.8) is 0 Å². The third-order valence-corrected chi connectivity index (χ3v) is 3.67. The molecule has 1 N–H and O–H groups in total. The molecule has 1 aromatic heterocycles. The average molecular weight is 262 g/mol. The van der Waals surface area contributed by atoms with Crippen molar-refractivity contribution in [1.82, 2.24) is 15.1 Å². The first-order valence-corrected chi connectivity index (χ1v) is 6.69. The molecule has 4 heteroatoms. The number of halogens is 1. The monoisotopic (exact) mass is 261 g/mol. The van der Waals surface area contributed by atoms with Gasteiger partial charge in [0.15, 0.2) is 0 Å². The second kappa shape index (κ2) is 5.12. The summed E-state index contributed by atoms with van der Waals surface area (Å²) in [7, 11) is 0. The number of hydrogen-bond donors (Lipinski definition) is 1. The van der Waals surface area contributed by atoms with E-state index < -0.39 is 0 Å². The van der Waals surface area contributed by atoms with Gasteiger partial charge >= 0.3 is 0 Å². The lowest BCUT2D eigenvalue weighted by atomic mass is 10.0. The summed E-state index contributed by atoms with van der Waals surface area (Å²) in [5.74, 6) is 0.757. The fraction of sp³-hybridized carbons (Fsp3) is 0.357. The molecule has 1 fully saturated rings. The molecule has 1 saturated heterocycles. The molecule has 2 heterocycles. The fourth-order valence-corrected chi connectivity index (χ4v) is 2.55. The number of aromatic nitrogens is 2. The molecule has 1 aliphatic heterocycles. The highest BCUT2D eigenvalue weighted by atomic mass is 35.5. The first kappa shape index (κ1) is 11.8. The lowest BCUT2D eigenvalue weighted by Crippen LogP contribution is -2.10. The molecule has 0 spiro atoms. The van der Waals surface area contributed by atoms with Gasteiger partial charge < -0.3 is 5.32 Å². The first-order chi connectivity index (χ1) is 8.81. The van der Waals surface area contributed by atoms with Gasteiger partial charge in [-0.15, -0.1) is 0 Å². The highest BCUT2D eigenvalue weighted by molar-refractivity contribution is 6.30. The normalized spacial score (nSPS) is 19.3. The summed E-state index contributed by atoms with van der Waals surface area (Å²) in [6, 6.07) is 7.74. The minimum Gasteiger partial charge on any atom is -0.316 e. The van der Waals surface area contributed by atoms with E-state index in [1.807, 2.05) is 35.1 Å². The number of benzene rings is 1. The third kappa shape index (κ3) is 2.57. The molecule has 3 rings (SSSR count). The van der Waals surface area contributed by atoms with Crippen molar-refractivity contribution in [3.8, 4) is 5.69 Å². The van der Waals surface area contributed by atoms with E-state index >= 15 is 0 Å². The maximum absolute atomic E-state index is 5.88. The van der Waals surface area contributed by atoms with Gasteiger partial charge in [-0.2, -0.15) is 5.10 Å². The molecule has 3 nitrogen and oxygen atoms in total. The Morgan fingerprint density at radius 3 is 2.89 bits per heavy atom. The van der Waals surface area contributed by atoms with Crippen LogP contribution >= 0.6 is 11.6 Å². The van der Waals surface area contributed by atoms with Crippen LogP contribution in [0.25, 0.3) is 5.69 Å². The molecule has 0 radical (unpaired) electrons. The van der Waals surface area contributed by atoms with Crippen LogP contribution in [-0.4, -0.2) is 22.9 Å². The van der Waals surface area contributed by atoms with Gasteiger partial charge in [-0.3, -0.25) is 0 Å². The Bertz CT molecular complexity index is 512. The third-order valence-electron chi connectivity index (χ3n) is 3.41. The molecule has 94 valence electrons. The summed E-state index contributed by atoms with van der Waals surface area (Å²) in [6.07, 6.45) is 6.46. The molecule has 1 aromatic carbocycles. The van der Waals surface area contributed by atoms with Gasteiger partial charge in [0, 0.05) is 11.2 Å². The predicted molar refractivity (Wildman–Crippen MR) is 73.3 cm³/mol. The smallest absolute Gasteiger partial charge is 0.0646 e. The summed E-state index contributed by atoms with van der Waals surface area (Å²) in [5, 5.41) is 8.56. The molecule has 0 amide bonds. The SMILES string of the molecule is Clc1ccc(-n2cc(CC3CCNC3)cn2)cc1. The van der Waals surface area contributed by atoms with Crippen LogP contribution in [0.4, 0.5) is 0 Å². The van der Waals surface area contributed by atoms with Gasteiger partial charge in [0.25, 0.3) is 0 Å². The van der Waals surface area contributed by atoms with Gasteiger partial charge in [-0.25, -0.2) is 4.68 Å². The van der Waals surface area contributed by atoms with Gasteiger partial charge in [0.2, 0.25) is 0 Å². The Balaban J connectivity index is 1.74. The molecule has 0 saturated carbocycles. The zero-order valence-electron chi connectivity index (χ0n) is 10.1. The number of hydrogen-bond acceptors (Lipinski definition) is 2. The van der Waals surface area contributed by atoms with E-state index in [0.717, 1.165) is 36.1 Å². The predicted octanol–water partition coefficient (Wildman–Crippen LogP) is 2.68. The van der Waals surface area contributed by atoms with E-state index in [1.165, 1.54) is 12.0 Å². The molecule has 1 unspecified atom stereocenters. The standard InChI is InChI=1S/C14H16ClN3/c15-13-1-3-14(4-2-13)18-10-12(9-17-18)7-11-5-6-16-8-11/h1-4,9-11,16H,5-8H2. The summed E-state index contributed by atoms with van der Waals surface area (Å²) in [5.41, 5.74) is 2.36. The van der Waals surface area contributed by atoms with E-state index in [4.69, 9.17) is 11.6 Å². The van der Waals surface area contributed by atoms with E-state index in [0.29, 0.717) is 0 Å². The minimum absolute atomic E-state index is 0.753. The number of rotatable bonds is 3. The molecule has 2 aromatic rings. The Hall–Kier alpha value is -1.32. The van der Waals surface area contributed by atoms with Crippen LogP contribution in [0.5, 0.6) is 0 Å². The lowest BCUT2D eigenvalue weighted by Gasteiger charge is -2.04. The summed E-state index contributed by atoms with van der Waals surface area (Å²) >= 11 is 5.88. The topological polar surface area (TPSA) is 29.9 Å². The first-order valence-electron chi connectivity index (χ1n) is 6.31. The van der Waals surface area contributed by atoms with Crippen LogP contribution in [0.1, 0.15) is 12.0 Å². The minimum atomic E-state index is 0.753. The molecule has 0 aliphatic carbocycles. The maximum Gasteiger partial charge on any atom is 0.0646 e. The van der Waals surface area contributed by atoms with Crippen molar-refractivity contribution in [2.75, 3.05) is 13.1 Å². The van der Waals surface area contributed by atoms with Gasteiger partial charge in [0.1, 0.15) is 0 Å². The van der Waals surface area contributed by atoms with Crippen LogP contribution < -0.4 is 5.32 Å². The molecular weight excluding hydrogens is 246 g/mol. The zero-order valence-corrected chi connectivity index (χ0v) is 10.9. The average Bonchev–Trinajstić information content (AvgIpc) is 3.02. The Morgan fingerprint density at radius 2 is 2.17 bits per heavy atom. The highest BCUT2D eigenvalue weighted by Gasteiger charge is 2.15. The van der Waals surface area contributed by atoms with E-state index in [9.17, 15) is 0 Å². The molecular formula is C14H16ClN3. The fourth-order valence-electron chi connectivity index (χ4n) is 2.42. The van der Waals surface area contributed by atoms with E-state index in [1.54, 1.807) is 0 Å². The van der Waals surface area contributed by atoms with Gasteiger partial charge in [-0.05, 0) is 61.7 Å². The van der Waals surface area contributed by atoms with Crippen LogP contribution in [-0.2, 0) is 6.42 Å². The Morgan fingerprint density at radius 1 is 1.33 bits per heavy atom. The zero-order chi connectivity index (χ0) is 12.4. The number of nitrogens with zero attached hydrogens (tertiary/aromatic N) is 2. The van der Waals surface area contributed by atoms with Crippen molar-refractivity contribution in [2.24, 2.45) is 5.92 Å². The van der Waals surface area contributed by atoms with Crippen LogP contribution in [0.3, 0.4) is 0 Å². The van der Waals surface area contributed by atoms with Crippen molar-refractivity contribution in [2.45, 2.75) is 12.8 Å². The van der Waals surface area contributed by atoms with Gasteiger partial charge in [0.05, 0.1) is 11.9 Å². The number of nitrogens with one attached hydrogen (secondary N) is 1. The molecule has 1 aliphatic rings. The largest absolute Gasteiger partial charge is 0.316 e. The highest BCUT2D eigenvalue weighted by Crippen LogP contribution is 2.17. The van der Waals surface area contributed by atoms with Gasteiger partial charge in [-0.1, -0.05) is 11.6 Å². The molecule has 0 bridgehead atoms. The second-order valence-electron chi connectivity index (χ2n) is 4.83. The molecule has 1 atom stereocenters. The quantitative estimate of drug-likeness (QED) is 0.921. The summed E-state index contributed by atoms with van der Waals surface area (Å²) < 4.78 is 1.91. The Labute approximate surface area is 112 Å². The van der Waals surface area contributed by atoms with Crippen molar-refractivity contribution >= 4 is 11.6 Å². The van der Waals surface area contributed by atoms with Crippen molar-refractivity contribution in [1.29, 1.82) is 0 Å². The van der Waals surface area contributed by atoms with Crippen LogP contribution in [0, 0.1) is 5.92 Å². The van der Waals surface area contributed by atoms with E-state index in [2.05, 4.69) is 16.6 Å². The maximum atomic E-state index is 5.88. The lowest BCUT2D eigenvalue weighted by molar-refractivity contribution is 0.580. The van der Waals surface area contributed by atoms with Crippen LogP contribution in [0.15, 0.2) is 36.7 Å². The van der Waals surface area contributed by atoms with Crippen molar-refractivity contribution in [3.05, 3.63) is 47.2 Å².